The molecule has 0 aliphatic heterocycles. The van der Waals surface area contributed by atoms with Crippen LogP contribution in [0.25, 0.3) is 0 Å². The second-order valence-electron chi connectivity index (χ2n) is 7.36. The molecule has 7 heteroatoms. The van der Waals surface area contributed by atoms with Crippen molar-refractivity contribution in [2.75, 3.05) is 6.54 Å². The van der Waals surface area contributed by atoms with E-state index in [2.05, 4.69) is 5.32 Å². The fourth-order valence-electron chi connectivity index (χ4n) is 2.21. The lowest BCUT2D eigenvalue weighted by Crippen LogP contribution is -2.52. The Morgan fingerprint density at radius 1 is 1.29 bits per heavy atom. The van der Waals surface area contributed by atoms with Crippen molar-refractivity contribution in [2.24, 2.45) is 11.3 Å². The van der Waals surface area contributed by atoms with E-state index in [0.717, 1.165) is 12.8 Å². The monoisotopic (exact) mass is 344 g/mol. The Kier molecular flexibility index (Phi) is 9.58. The summed E-state index contributed by atoms with van der Waals surface area (Å²) in [7, 11) is 0. The lowest BCUT2D eigenvalue weighted by atomic mass is 9.86. The van der Waals surface area contributed by atoms with Crippen LogP contribution in [0.4, 0.5) is 0 Å². The number of rotatable bonds is 10. The lowest BCUT2D eigenvalue weighted by Gasteiger charge is -2.31. The normalized spacial score (nSPS) is 14.0. The Hall–Kier alpha value is -1.63. The van der Waals surface area contributed by atoms with Crippen LogP contribution < -0.4 is 5.32 Å². The van der Waals surface area contributed by atoms with E-state index in [1.165, 1.54) is 0 Å². The molecule has 140 valence electrons. The third-order valence-corrected chi connectivity index (χ3v) is 3.55. The maximum absolute atomic E-state index is 12.6. The van der Waals surface area contributed by atoms with Crippen molar-refractivity contribution in [1.29, 1.82) is 0 Å². The zero-order valence-corrected chi connectivity index (χ0v) is 15.7. The molecule has 0 spiro atoms. The molecule has 2 amide bonds. The van der Waals surface area contributed by atoms with Crippen molar-refractivity contribution in [3.8, 4) is 0 Å². The van der Waals surface area contributed by atoms with Crippen LogP contribution in [0.5, 0.6) is 0 Å². The molecule has 0 aliphatic rings. The van der Waals surface area contributed by atoms with Gasteiger partial charge in [0.05, 0.1) is 18.6 Å². The van der Waals surface area contributed by atoms with E-state index in [1.807, 2.05) is 27.7 Å². The van der Waals surface area contributed by atoms with Crippen LogP contribution in [0.15, 0.2) is 0 Å². The second kappa shape index (κ2) is 10.3. The van der Waals surface area contributed by atoms with E-state index in [1.54, 1.807) is 13.8 Å². The quantitative estimate of drug-likeness (QED) is 0.274. The average molecular weight is 344 g/mol. The number of hydrogen-bond donors (Lipinski definition) is 2. The van der Waals surface area contributed by atoms with Crippen molar-refractivity contribution in [2.45, 2.75) is 73.0 Å². The first kappa shape index (κ1) is 22.4. The molecule has 0 radical (unpaired) electrons. The van der Waals surface area contributed by atoms with Crippen molar-refractivity contribution in [3.05, 3.63) is 0 Å². The third kappa shape index (κ3) is 8.29. The van der Waals surface area contributed by atoms with Crippen LogP contribution in [0, 0.1) is 11.3 Å². The SMILES string of the molecule is CCCC[C@H](CN(O)C=O)C(=O)N[C@H](C(=O)OC(C)C)C(C)(C)C. The van der Waals surface area contributed by atoms with Crippen molar-refractivity contribution in [1.82, 2.24) is 10.4 Å². The molecule has 0 aliphatic carbocycles. The van der Waals surface area contributed by atoms with E-state index in [9.17, 15) is 19.6 Å². The summed E-state index contributed by atoms with van der Waals surface area (Å²) in [6, 6.07) is -0.806. The van der Waals surface area contributed by atoms with Gasteiger partial charge >= 0.3 is 5.97 Å². The van der Waals surface area contributed by atoms with Gasteiger partial charge in [-0.25, -0.2) is 9.86 Å². The first-order valence-corrected chi connectivity index (χ1v) is 8.44. The molecule has 0 aromatic heterocycles. The first-order chi connectivity index (χ1) is 11.0. The Morgan fingerprint density at radius 2 is 1.88 bits per heavy atom. The highest BCUT2D eigenvalue weighted by Gasteiger charge is 2.36. The Balaban J connectivity index is 5.14. The number of nitrogens with zero attached hydrogens (tertiary/aromatic N) is 1. The molecule has 0 bridgehead atoms. The van der Waals surface area contributed by atoms with Gasteiger partial charge in [-0.05, 0) is 25.7 Å². The summed E-state index contributed by atoms with van der Waals surface area (Å²) < 4.78 is 5.23. The van der Waals surface area contributed by atoms with Gasteiger partial charge in [0.25, 0.3) is 0 Å². The van der Waals surface area contributed by atoms with E-state index in [-0.39, 0.29) is 25.0 Å². The standard InChI is InChI=1S/C17H32N2O5/c1-7-8-9-13(10-19(23)11-20)15(21)18-14(17(4,5)6)16(22)24-12(2)3/h11-14,23H,7-10H2,1-6H3,(H,18,21)/t13-,14-/m1/s1. The molecule has 0 aromatic rings. The molecule has 0 fully saturated rings. The van der Waals surface area contributed by atoms with Crippen LogP contribution in [0.1, 0.15) is 60.8 Å². The van der Waals surface area contributed by atoms with Gasteiger partial charge < -0.3 is 10.1 Å². The van der Waals surface area contributed by atoms with Crippen LogP contribution in [0.3, 0.4) is 0 Å². The zero-order chi connectivity index (χ0) is 18.9. The highest BCUT2D eigenvalue weighted by molar-refractivity contribution is 5.86. The maximum atomic E-state index is 12.6. The first-order valence-electron chi connectivity index (χ1n) is 8.44. The number of esters is 1. The fourth-order valence-corrected chi connectivity index (χ4v) is 2.21. The summed E-state index contributed by atoms with van der Waals surface area (Å²) >= 11 is 0. The molecule has 2 atom stereocenters. The maximum Gasteiger partial charge on any atom is 0.329 e. The molecule has 0 unspecified atom stereocenters. The van der Waals surface area contributed by atoms with Gasteiger partial charge in [0, 0.05) is 0 Å². The van der Waals surface area contributed by atoms with Gasteiger partial charge in [-0.1, -0.05) is 40.5 Å². The number of hydrogen-bond acceptors (Lipinski definition) is 5. The molecule has 2 N–H and O–H groups in total. The highest BCUT2D eigenvalue weighted by atomic mass is 16.5. The predicted molar refractivity (Wildman–Crippen MR) is 90.2 cm³/mol. The van der Waals surface area contributed by atoms with Crippen molar-refractivity contribution < 1.29 is 24.3 Å². The largest absolute Gasteiger partial charge is 0.461 e. The summed E-state index contributed by atoms with van der Waals surface area (Å²) in [6.07, 6.45) is 2.16. The van der Waals surface area contributed by atoms with Crippen molar-refractivity contribution in [3.63, 3.8) is 0 Å². The molecular weight excluding hydrogens is 312 g/mol. The fraction of sp³-hybridized carbons (Fsp3) is 0.824. The number of amides is 2. The number of carbonyl (C=O) groups excluding carboxylic acids is 3. The van der Waals surface area contributed by atoms with Gasteiger partial charge in [0.15, 0.2) is 0 Å². The molecule has 0 saturated heterocycles. The van der Waals surface area contributed by atoms with Gasteiger partial charge in [-0.15, -0.1) is 0 Å². The van der Waals surface area contributed by atoms with Crippen LogP contribution in [-0.4, -0.2) is 47.2 Å². The van der Waals surface area contributed by atoms with Gasteiger partial charge in [0.2, 0.25) is 12.3 Å². The minimum atomic E-state index is -0.806. The number of unbranched alkanes of at least 4 members (excludes halogenated alkanes) is 1. The molecular formula is C17H32N2O5. The summed E-state index contributed by atoms with van der Waals surface area (Å²) in [4.78, 5) is 35.5. The predicted octanol–water partition coefficient (Wildman–Crippen LogP) is 2.12. The Morgan fingerprint density at radius 3 is 2.29 bits per heavy atom. The molecule has 24 heavy (non-hydrogen) atoms. The summed E-state index contributed by atoms with van der Waals surface area (Å²) in [5.74, 6) is -1.45. The van der Waals surface area contributed by atoms with Crippen LogP contribution >= 0.6 is 0 Å². The summed E-state index contributed by atoms with van der Waals surface area (Å²) in [5.41, 5.74) is -0.527. The summed E-state index contributed by atoms with van der Waals surface area (Å²) in [5, 5.41) is 12.6. The number of carbonyl (C=O) groups is 3. The zero-order valence-electron chi connectivity index (χ0n) is 15.7. The van der Waals surface area contributed by atoms with E-state index in [0.29, 0.717) is 11.5 Å². The third-order valence-electron chi connectivity index (χ3n) is 3.55. The Bertz CT molecular complexity index is 418. The van der Waals surface area contributed by atoms with Crippen LogP contribution in [-0.2, 0) is 19.1 Å². The van der Waals surface area contributed by atoms with Crippen molar-refractivity contribution >= 4 is 18.3 Å². The second-order valence-corrected chi connectivity index (χ2v) is 7.36. The smallest absolute Gasteiger partial charge is 0.329 e. The summed E-state index contributed by atoms with van der Waals surface area (Å²) in [6.45, 7) is 10.9. The molecule has 0 heterocycles. The lowest BCUT2D eigenvalue weighted by molar-refractivity contribution is -0.158. The molecule has 0 saturated carbocycles. The van der Waals surface area contributed by atoms with Gasteiger partial charge in [-0.3, -0.25) is 14.8 Å². The molecule has 7 nitrogen and oxygen atoms in total. The number of ether oxygens (including phenoxy) is 1. The van der Waals surface area contributed by atoms with E-state index in [4.69, 9.17) is 4.74 Å². The van der Waals surface area contributed by atoms with Crippen LogP contribution in [0.2, 0.25) is 0 Å². The topological polar surface area (TPSA) is 95.9 Å². The van der Waals surface area contributed by atoms with Gasteiger partial charge in [-0.2, -0.15) is 0 Å². The number of nitrogens with one attached hydrogen (secondary N) is 1. The molecule has 0 aromatic carbocycles. The highest BCUT2D eigenvalue weighted by Crippen LogP contribution is 2.22. The Labute approximate surface area is 144 Å². The average Bonchev–Trinajstić information content (AvgIpc) is 2.46. The minimum Gasteiger partial charge on any atom is -0.461 e. The van der Waals surface area contributed by atoms with E-state index >= 15 is 0 Å². The van der Waals surface area contributed by atoms with E-state index < -0.39 is 23.3 Å². The minimum absolute atomic E-state index is 0.106. The molecule has 0 rings (SSSR count). The number of hydroxylamine groups is 2. The van der Waals surface area contributed by atoms with Gasteiger partial charge in [0.1, 0.15) is 6.04 Å².